The van der Waals surface area contributed by atoms with Crippen LogP contribution in [0.2, 0.25) is 0 Å². The molecule has 1 unspecified atom stereocenters. The Hall–Kier alpha value is -0.610. The number of nitrogens with two attached hydrogens (primary N) is 2. The average molecular weight is 230 g/mol. The van der Waals surface area contributed by atoms with Crippen LogP contribution < -0.4 is 11.5 Å². The quantitative estimate of drug-likeness (QED) is 0.534. The molecular weight excluding hydrogens is 204 g/mol. The predicted molar refractivity (Wildman–Crippen MR) is 65.9 cm³/mol. The van der Waals surface area contributed by atoms with Gasteiger partial charge in [-0.25, -0.2) is 0 Å². The van der Waals surface area contributed by atoms with E-state index in [2.05, 4.69) is 0 Å². The van der Waals surface area contributed by atoms with Gasteiger partial charge in [0.1, 0.15) is 0 Å². The van der Waals surface area contributed by atoms with Crippen molar-refractivity contribution in [2.75, 3.05) is 6.61 Å². The summed E-state index contributed by atoms with van der Waals surface area (Å²) < 4.78 is 5.21. The molecule has 16 heavy (non-hydrogen) atoms. The number of carbonyl (C=O) groups excluding carboxylic acids is 1. The Bertz CT molecular complexity index is 230. The lowest BCUT2D eigenvalue weighted by Crippen LogP contribution is -2.52. The molecule has 4 nitrogen and oxygen atoms in total. The van der Waals surface area contributed by atoms with Gasteiger partial charge in [-0.3, -0.25) is 4.79 Å². The number of hydrogen-bond acceptors (Lipinski definition) is 4. The summed E-state index contributed by atoms with van der Waals surface area (Å²) in [6, 6.07) is 0.151. The first-order chi connectivity index (χ1) is 7.09. The Balaban J connectivity index is 4.07. The van der Waals surface area contributed by atoms with E-state index in [0.717, 1.165) is 12.8 Å². The fraction of sp³-hybridized carbons (Fsp3) is 0.917. The molecule has 4 N–H and O–H groups in total. The molecule has 0 aliphatic carbocycles. The second-order valence-electron chi connectivity index (χ2n) is 5.60. The van der Waals surface area contributed by atoms with Gasteiger partial charge in [-0.15, -0.1) is 0 Å². The summed E-state index contributed by atoms with van der Waals surface area (Å²) in [6.45, 7) is 9.63. The molecule has 1 atom stereocenters. The highest BCUT2D eigenvalue weighted by Gasteiger charge is 2.41. The van der Waals surface area contributed by atoms with Crippen molar-refractivity contribution < 1.29 is 9.53 Å². The lowest BCUT2D eigenvalue weighted by molar-refractivity contribution is -0.157. The monoisotopic (exact) mass is 230 g/mol. The van der Waals surface area contributed by atoms with Crippen molar-refractivity contribution in [2.45, 2.75) is 59.0 Å². The van der Waals surface area contributed by atoms with E-state index in [4.69, 9.17) is 16.2 Å². The molecule has 0 aromatic heterocycles. The third-order valence-corrected chi connectivity index (χ3v) is 3.16. The molecule has 0 radical (unpaired) electrons. The van der Waals surface area contributed by atoms with Gasteiger partial charge in [0.2, 0.25) is 0 Å². The summed E-state index contributed by atoms with van der Waals surface area (Å²) in [4.78, 5) is 11.8. The van der Waals surface area contributed by atoms with Crippen LogP contribution in [0.15, 0.2) is 0 Å². The fourth-order valence-corrected chi connectivity index (χ4v) is 1.01. The van der Waals surface area contributed by atoms with E-state index in [1.807, 2.05) is 20.8 Å². The van der Waals surface area contributed by atoms with Crippen LogP contribution in [0.25, 0.3) is 0 Å². The Labute approximate surface area is 98.7 Å². The Morgan fingerprint density at radius 2 is 1.81 bits per heavy atom. The number of carbonyl (C=O) groups is 1. The van der Waals surface area contributed by atoms with E-state index in [9.17, 15) is 4.79 Å². The van der Waals surface area contributed by atoms with Gasteiger partial charge < -0.3 is 16.2 Å². The van der Waals surface area contributed by atoms with Crippen molar-refractivity contribution in [3.8, 4) is 0 Å². The zero-order valence-corrected chi connectivity index (χ0v) is 11.2. The van der Waals surface area contributed by atoms with Gasteiger partial charge in [-0.05, 0) is 47.5 Å². The SMILES string of the molecule is CC(N)CCCOC(=O)C(C)(C)C(C)(C)N. The average Bonchev–Trinajstić information content (AvgIpc) is 2.09. The first-order valence-corrected chi connectivity index (χ1v) is 5.80. The second-order valence-corrected chi connectivity index (χ2v) is 5.60. The van der Waals surface area contributed by atoms with Crippen molar-refractivity contribution in [1.82, 2.24) is 0 Å². The normalized spacial score (nSPS) is 14.7. The summed E-state index contributed by atoms with van der Waals surface area (Å²) in [5.74, 6) is -0.246. The molecule has 0 heterocycles. The van der Waals surface area contributed by atoms with Crippen LogP contribution in [0.5, 0.6) is 0 Å². The van der Waals surface area contributed by atoms with Crippen LogP contribution in [0.1, 0.15) is 47.5 Å². The topological polar surface area (TPSA) is 78.3 Å². The molecule has 0 aromatic rings. The molecular formula is C12H26N2O2. The van der Waals surface area contributed by atoms with Crippen molar-refractivity contribution in [3.63, 3.8) is 0 Å². The first kappa shape index (κ1) is 15.4. The van der Waals surface area contributed by atoms with E-state index in [0.29, 0.717) is 6.61 Å². The molecule has 0 amide bonds. The highest BCUT2D eigenvalue weighted by atomic mass is 16.5. The fourth-order valence-electron chi connectivity index (χ4n) is 1.01. The summed E-state index contributed by atoms with van der Waals surface area (Å²) in [6.07, 6.45) is 1.66. The van der Waals surface area contributed by atoms with Gasteiger partial charge in [0.25, 0.3) is 0 Å². The molecule has 0 bridgehead atoms. The summed E-state index contributed by atoms with van der Waals surface area (Å²) in [5.41, 5.74) is 10.3. The van der Waals surface area contributed by atoms with Gasteiger partial charge >= 0.3 is 5.97 Å². The maximum Gasteiger partial charge on any atom is 0.313 e. The first-order valence-electron chi connectivity index (χ1n) is 5.80. The van der Waals surface area contributed by atoms with Crippen LogP contribution in [-0.2, 0) is 9.53 Å². The molecule has 0 rings (SSSR count). The van der Waals surface area contributed by atoms with E-state index in [1.54, 1.807) is 13.8 Å². The Morgan fingerprint density at radius 3 is 2.19 bits per heavy atom. The van der Waals surface area contributed by atoms with Crippen molar-refractivity contribution in [3.05, 3.63) is 0 Å². The van der Waals surface area contributed by atoms with Gasteiger partial charge in [-0.2, -0.15) is 0 Å². The third kappa shape index (κ3) is 4.49. The van der Waals surface area contributed by atoms with Crippen LogP contribution in [0, 0.1) is 5.41 Å². The van der Waals surface area contributed by atoms with Crippen molar-refractivity contribution >= 4 is 5.97 Å². The molecule has 96 valence electrons. The molecule has 0 aliphatic rings. The maximum absolute atomic E-state index is 11.8. The minimum absolute atomic E-state index is 0.151. The summed E-state index contributed by atoms with van der Waals surface area (Å²) in [5, 5.41) is 0. The largest absolute Gasteiger partial charge is 0.465 e. The van der Waals surface area contributed by atoms with Crippen molar-refractivity contribution in [1.29, 1.82) is 0 Å². The summed E-state index contributed by atoms with van der Waals surface area (Å²) in [7, 11) is 0. The van der Waals surface area contributed by atoms with Crippen LogP contribution in [0.3, 0.4) is 0 Å². The minimum Gasteiger partial charge on any atom is -0.465 e. The highest BCUT2D eigenvalue weighted by Crippen LogP contribution is 2.29. The third-order valence-electron chi connectivity index (χ3n) is 3.16. The van der Waals surface area contributed by atoms with Crippen molar-refractivity contribution in [2.24, 2.45) is 16.9 Å². The highest BCUT2D eigenvalue weighted by molar-refractivity contribution is 5.77. The van der Waals surface area contributed by atoms with Crippen LogP contribution >= 0.6 is 0 Å². The second kappa shape index (κ2) is 5.64. The number of esters is 1. The lowest BCUT2D eigenvalue weighted by atomic mass is 9.75. The number of hydrogen-bond donors (Lipinski definition) is 2. The molecule has 0 aromatic carbocycles. The van der Waals surface area contributed by atoms with Crippen LogP contribution in [0.4, 0.5) is 0 Å². The molecule has 4 heteroatoms. The zero-order valence-electron chi connectivity index (χ0n) is 11.2. The Kier molecular flexibility index (Phi) is 5.42. The van der Waals surface area contributed by atoms with E-state index in [1.165, 1.54) is 0 Å². The summed E-state index contributed by atoms with van der Waals surface area (Å²) >= 11 is 0. The lowest BCUT2D eigenvalue weighted by Gasteiger charge is -2.35. The predicted octanol–water partition coefficient (Wildman–Crippen LogP) is 1.42. The van der Waals surface area contributed by atoms with Gasteiger partial charge in [0, 0.05) is 11.6 Å². The molecule has 0 fully saturated rings. The molecule has 0 saturated carbocycles. The van der Waals surface area contributed by atoms with E-state index < -0.39 is 11.0 Å². The standard InChI is InChI=1S/C12H26N2O2/c1-9(13)7-6-8-16-10(15)11(2,3)12(4,5)14/h9H,6-8,13-14H2,1-5H3. The molecule has 0 saturated heterocycles. The van der Waals surface area contributed by atoms with E-state index >= 15 is 0 Å². The number of rotatable bonds is 6. The number of ether oxygens (including phenoxy) is 1. The zero-order chi connectivity index (χ0) is 13.0. The van der Waals surface area contributed by atoms with Crippen LogP contribution in [-0.4, -0.2) is 24.2 Å². The van der Waals surface area contributed by atoms with Gasteiger partial charge in [0.15, 0.2) is 0 Å². The van der Waals surface area contributed by atoms with Gasteiger partial charge in [-0.1, -0.05) is 0 Å². The van der Waals surface area contributed by atoms with E-state index in [-0.39, 0.29) is 12.0 Å². The molecule has 0 aliphatic heterocycles. The maximum atomic E-state index is 11.8. The molecule has 0 spiro atoms. The minimum atomic E-state index is -0.679. The van der Waals surface area contributed by atoms with Gasteiger partial charge in [0.05, 0.1) is 12.0 Å². The smallest absolute Gasteiger partial charge is 0.313 e. The Morgan fingerprint density at radius 1 is 1.31 bits per heavy atom.